The molecule has 0 radical (unpaired) electrons. The zero-order valence-corrected chi connectivity index (χ0v) is 12.5. The summed E-state index contributed by atoms with van der Waals surface area (Å²) in [6.45, 7) is 1.54. The molecule has 6 nitrogen and oxygen atoms in total. The van der Waals surface area contributed by atoms with E-state index in [-0.39, 0.29) is 0 Å². The molecule has 0 bridgehead atoms. The fourth-order valence-corrected chi connectivity index (χ4v) is 1.92. The number of amides is 2. The van der Waals surface area contributed by atoms with Crippen LogP contribution in [0.25, 0.3) is 0 Å². The SMILES string of the molecule is C[C@H](C#Cc1ccc(Cc2cncc(Cl)c2)o1)N(O)C(N)=O. The van der Waals surface area contributed by atoms with Crippen LogP contribution in [0.1, 0.15) is 24.0 Å². The number of carbonyl (C=O) groups excluding carboxylic acids is 1. The van der Waals surface area contributed by atoms with Crippen LogP contribution in [0.5, 0.6) is 0 Å². The summed E-state index contributed by atoms with van der Waals surface area (Å²) in [6.07, 6.45) is 3.81. The van der Waals surface area contributed by atoms with E-state index in [1.807, 2.05) is 0 Å². The average Bonchev–Trinajstić information content (AvgIpc) is 2.91. The van der Waals surface area contributed by atoms with Gasteiger partial charge in [-0.3, -0.25) is 10.2 Å². The Morgan fingerprint density at radius 1 is 1.55 bits per heavy atom. The van der Waals surface area contributed by atoms with E-state index < -0.39 is 12.1 Å². The summed E-state index contributed by atoms with van der Waals surface area (Å²) in [5.74, 6) is 6.53. The van der Waals surface area contributed by atoms with Crippen LogP contribution in [0.2, 0.25) is 5.02 Å². The Morgan fingerprint density at radius 3 is 3.00 bits per heavy atom. The first-order valence-electron chi connectivity index (χ1n) is 6.43. The Hall–Kier alpha value is -2.49. The highest BCUT2D eigenvalue weighted by Crippen LogP contribution is 2.15. The Labute approximate surface area is 132 Å². The van der Waals surface area contributed by atoms with Gasteiger partial charge in [0.2, 0.25) is 0 Å². The lowest BCUT2D eigenvalue weighted by atomic mass is 10.2. The molecule has 1 atom stereocenters. The Bertz CT molecular complexity index is 733. The van der Waals surface area contributed by atoms with Crippen LogP contribution in [-0.2, 0) is 6.42 Å². The van der Waals surface area contributed by atoms with Gasteiger partial charge in [0.1, 0.15) is 11.8 Å². The van der Waals surface area contributed by atoms with Crippen molar-refractivity contribution in [3.8, 4) is 11.8 Å². The maximum Gasteiger partial charge on any atom is 0.339 e. The van der Waals surface area contributed by atoms with Gasteiger partial charge in [0, 0.05) is 18.8 Å². The highest BCUT2D eigenvalue weighted by molar-refractivity contribution is 6.30. The Balaban J connectivity index is 2.05. The summed E-state index contributed by atoms with van der Waals surface area (Å²) in [5, 5.41) is 10.2. The quantitative estimate of drug-likeness (QED) is 0.516. The number of hydrogen-bond donors (Lipinski definition) is 2. The van der Waals surface area contributed by atoms with Gasteiger partial charge in [0.25, 0.3) is 0 Å². The van der Waals surface area contributed by atoms with E-state index in [1.54, 1.807) is 37.5 Å². The summed E-state index contributed by atoms with van der Waals surface area (Å²) < 4.78 is 5.56. The van der Waals surface area contributed by atoms with Gasteiger partial charge in [-0.1, -0.05) is 17.5 Å². The molecule has 3 N–H and O–H groups in total. The zero-order valence-electron chi connectivity index (χ0n) is 11.8. The fourth-order valence-electron chi connectivity index (χ4n) is 1.72. The molecule has 114 valence electrons. The Morgan fingerprint density at radius 2 is 2.32 bits per heavy atom. The largest absolute Gasteiger partial charge is 0.452 e. The molecule has 0 aliphatic heterocycles. The highest BCUT2D eigenvalue weighted by atomic mass is 35.5. The molecular formula is C15H14ClN3O3. The van der Waals surface area contributed by atoms with Gasteiger partial charge in [0.15, 0.2) is 5.76 Å². The summed E-state index contributed by atoms with van der Waals surface area (Å²) >= 11 is 5.87. The third kappa shape index (κ3) is 4.25. The minimum atomic E-state index is -0.963. The number of aromatic nitrogens is 1. The lowest BCUT2D eigenvalue weighted by Gasteiger charge is -2.14. The van der Waals surface area contributed by atoms with Gasteiger partial charge in [-0.05, 0) is 36.6 Å². The normalized spacial score (nSPS) is 11.4. The molecule has 0 unspecified atom stereocenters. The van der Waals surface area contributed by atoms with Gasteiger partial charge in [-0.25, -0.2) is 4.79 Å². The van der Waals surface area contributed by atoms with E-state index in [9.17, 15) is 10.0 Å². The van der Waals surface area contributed by atoms with Crippen molar-refractivity contribution in [1.29, 1.82) is 0 Å². The number of furan rings is 1. The van der Waals surface area contributed by atoms with Crippen LogP contribution in [0.3, 0.4) is 0 Å². The number of hydroxylamine groups is 2. The smallest absolute Gasteiger partial charge is 0.339 e. The predicted molar refractivity (Wildman–Crippen MR) is 80.3 cm³/mol. The first kappa shape index (κ1) is 15.9. The minimum absolute atomic E-state index is 0.356. The van der Waals surface area contributed by atoms with Crippen LogP contribution < -0.4 is 5.73 Å². The van der Waals surface area contributed by atoms with E-state index in [0.717, 1.165) is 5.56 Å². The van der Waals surface area contributed by atoms with Crippen LogP contribution in [0.4, 0.5) is 4.79 Å². The van der Waals surface area contributed by atoms with Crippen LogP contribution >= 0.6 is 11.6 Å². The average molecular weight is 320 g/mol. The molecule has 7 heteroatoms. The van der Waals surface area contributed by atoms with Gasteiger partial charge in [-0.2, -0.15) is 5.06 Å². The fraction of sp³-hybridized carbons (Fsp3) is 0.200. The molecule has 2 aromatic heterocycles. The molecule has 0 saturated heterocycles. The third-order valence-corrected chi connectivity index (χ3v) is 3.01. The molecule has 0 aromatic carbocycles. The summed E-state index contributed by atoms with van der Waals surface area (Å²) in [7, 11) is 0. The second-order valence-electron chi connectivity index (χ2n) is 4.58. The van der Waals surface area contributed by atoms with E-state index in [2.05, 4.69) is 16.8 Å². The summed E-state index contributed by atoms with van der Waals surface area (Å²) in [6, 6.07) is 3.61. The van der Waals surface area contributed by atoms with Gasteiger partial charge >= 0.3 is 6.03 Å². The first-order valence-corrected chi connectivity index (χ1v) is 6.80. The van der Waals surface area contributed by atoms with Crippen molar-refractivity contribution in [3.63, 3.8) is 0 Å². The van der Waals surface area contributed by atoms with Gasteiger partial charge < -0.3 is 10.2 Å². The third-order valence-electron chi connectivity index (χ3n) is 2.80. The lowest BCUT2D eigenvalue weighted by molar-refractivity contribution is -0.0536. The first-order chi connectivity index (χ1) is 10.5. The second-order valence-corrected chi connectivity index (χ2v) is 5.02. The molecule has 2 rings (SSSR count). The molecule has 0 spiro atoms. The molecule has 0 aliphatic rings. The number of primary amides is 1. The van der Waals surface area contributed by atoms with Crippen LogP contribution in [-0.4, -0.2) is 27.3 Å². The molecule has 2 aromatic rings. The number of carbonyl (C=O) groups is 1. The number of nitrogens with zero attached hydrogens (tertiary/aromatic N) is 2. The van der Waals surface area contributed by atoms with E-state index in [4.69, 9.17) is 21.8 Å². The Kier molecular flexibility index (Phi) is 5.04. The molecule has 2 amide bonds. The second kappa shape index (κ2) is 6.98. The molecular weight excluding hydrogens is 306 g/mol. The number of hydrogen-bond acceptors (Lipinski definition) is 4. The van der Waals surface area contributed by atoms with Crippen molar-refractivity contribution in [1.82, 2.24) is 10.0 Å². The number of pyridine rings is 1. The highest BCUT2D eigenvalue weighted by Gasteiger charge is 2.12. The van der Waals surface area contributed by atoms with Gasteiger partial charge in [0.05, 0.1) is 5.02 Å². The summed E-state index contributed by atoms with van der Waals surface area (Å²) in [4.78, 5) is 14.8. The van der Waals surface area contributed by atoms with Crippen molar-refractivity contribution in [3.05, 3.63) is 52.7 Å². The maximum absolute atomic E-state index is 10.8. The van der Waals surface area contributed by atoms with Crippen molar-refractivity contribution in [2.45, 2.75) is 19.4 Å². The van der Waals surface area contributed by atoms with E-state index >= 15 is 0 Å². The molecule has 2 heterocycles. The topological polar surface area (TPSA) is 92.6 Å². The standard InChI is InChI=1S/C15H14ClN3O3/c1-10(19(21)15(17)20)2-3-13-4-5-14(22-13)7-11-6-12(16)9-18-8-11/h4-6,8-10,21H,7H2,1H3,(H2,17,20)/t10-/m1/s1. The zero-order chi connectivity index (χ0) is 16.1. The maximum atomic E-state index is 10.8. The number of halogens is 1. The van der Waals surface area contributed by atoms with E-state index in [0.29, 0.717) is 28.0 Å². The molecule has 0 fully saturated rings. The molecule has 0 saturated carbocycles. The van der Waals surface area contributed by atoms with Crippen molar-refractivity contribution in [2.24, 2.45) is 5.73 Å². The lowest BCUT2D eigenvalue weighted by Crippen LogP contribution is -2.38. The van der Waals surface area contributed by atoms with Crippen molar-refractivity contribution >= 4 is 17.6 Å². The number of nitrogens with two attached hydrogens (primary N) is 1. The van der Waals surface area contributed by atoms with Crippen LogP contribution in [0, 0.1) is 11.8 Å². The molecule has 22 heavy (non-hydrogen) atoms. The minimum Gasteiger partial charge on any atom is -0.452 e. The monoisotopic (exact) mass is 319 g/mol. The van der Waals surface area contributed by atoms with Crippen LogP contribution in [0.15, 0.2) is 35.0 Å². The summed E-state index contributed by atoms with van der Waals surface area (Å²) in [5.41, 5.74) is 5.86. The molecule has 0 aliphatic carbocycles. The van der Waals surface area contributed by atoms with Crippen molar-refractivity contribution < 1.29 is 14.4 Å². The predicted octanol–water partition coefficient (Wildman–Crippen LogP) is 2.43. The van der Waals surface area contributed by atoms with Crippen molar-refractivity contribution in [2.75, 3.05) is 0 Å². The number of rotatable bonds is 3. The number of urea groups is 1. The van der Waals surface area contributed by atoms with Gasteiger partial charge in [-0.15, -0.1) is 0 Å². The van der Waals surface area contributed by atoms with E-state index in [1.165, 1.54) is 0 Å².